The van der Waals surface area contributed by atoms with Crippen LogP contribution in [0.3, 0.4) is 0 Å². The van der Waals surface area contributed by atoms with Crippen molar-refractivity contribution >= 4 is 5.91 Å². The number of carbonyl (C=O) groups excluding carboxylic acids is 1. The van der Waals surface area contributed by atoms with E-state index in [-0.39, 0.29) is 5.91 Å². The van der Waals surface area contributed by atoms with Gasteiger partial charge in [-0.3, -0.25) is 4.79 Å². The van der Waals surface area contributed by atoms with E-state index in [1.807, 2.05) is 36.9 Å². The molecule has 0 aromatic heterocycles. The van der Waals surface area contributed by atoms with Gasteiger partial charge in [-0.25, -0.2) is 0 Å². The molecule has 1 aromatic rings. The number of fused-ring (bicyclic) bond motifs is 2. The number of likely N-dealkylation sites (tertiary alicyclic amines) is 1. The smallest absolute Gasteiger partial charge is 0.232 e. The third-order valence-electron chi connectivity index (χ3n) is 5.45. The van der Waals surface area contributed by atoms with Gasteiger partial charge in [0.25, 0.3) is 0 Å². The zero-order chi connectivity index (χ0) is 17.3. The second-order valence-corrected chi connectivity index (χ2v) is 7.37. The Morgan fingerprint density at radius 1 is 1.12 bits per heavy atom. The van der Waals surface area contributed by atoms with Crippen LogP contribution in [0.2, 0.25) is 0 Å². The van der Waals surface area contributed by atoms with Crippen LogP contribution in [0.15, 0.2) is 18.2 Å². The maximum Gasteiger partial charge on any atom is 0.232 e. The van der Waals surface area contributed by atoms with Crippen LogP contribution in [0.4, 0.5) is 0 Å². The van der Waals surface area contributed by atoms with E-state index in [9.17, 15) is 4.79 Å². The first-order valence-electron chi connectivity index (χ1n) is 8.73. The molecule has 2 atom stereocenters. The SMILES string of the molecule is COc1ccc(C(C)(C)C(=O)N2CCC3CCC(C2)N3)cc1OC. The Kier molecular flexibility index (Phi) is 4.72. The topological polar surface area (TPSA) is 50.8 Å². The minimum atomic E-state index is -0.594. The normalized spacial score (nSPS) is 23.8. The largest absolute Gasteiger partial charge is 0.493 e. The summed E-state index contributed by atoms with van der Waals surface area (Å²) < 4.78 is 10.7. The number of nitrogens with one attached hydrogen (secondary N) is 1. The van der Waals surface area contributed by atoms with Crippen LogP contribution < -0.4 is 14.8 Å². The quantitative estimate of drug-likeness (QED) is 0.919. The second-order valence-electron chi connectivity index (χ2n) is 7.37. The summed E-state index contributed by atoms with van der Waals surface area (Å²) in [5.41, 5.74) is 0.357. The second kappa shape index (κ2) is 6.63. The van der Waals surface area contributed by atoms with Crippen molar-refractivity contribution in [1.29, 1.82) is 0 Å². The first kappa shape index (κ1) is 17.1. The highest BCUT2D eigenvalue weighted by Crippen LogP contribution is 2.35. The van der Waals surface area contributed by atoms with Crippen molar-refractivity contribution in [2.75, 3.05) is 27.3 Å². The van der Waals surface area contributed by atoms with E-state index in [0.717, 1.165) is 25.1 Å². The third kappa shape index (κ3) is 3.09. The number of amides is 1. The van der Waals surface area contributed by atoms with Gasteiger partial charge in [0.1, 0.15) is 0 Å². The molecule has 2 aliphatic rings. The van der Waals surface area contributed by atoms with Gasteiger partial charge in [0.2, 0.25) is 5.91 Å². The monoisotopic (exact) mass is 332 g/mol. The lowest BCUT2D eigenvalue weighted by Crippen LogP contribution is -2.47. The van der Waals surface area contributed by atoms with Gasteiger partial charge in [-0.05, 0) is 50.8 Å². The van der Waals surface area contributed by atoms with E-state index >= 15 is 0 Å². The molecule has 5 nitrogen and oxygen atoms in total. The highest BCUT2D eigenvalue weighted by Gasteiger charge is 2.38. The van der Waals surface area contributed by atoms with Gasteiger partial charge in [0, 0.05) is 25.2 Å². The molecule has 24 heavy (non-hydrogen) atoms. The third-order valence-corrected chi connectivity index (χ3v) is 5.45. The van der Waals surface area contributed by atoms with E-state index < -0.39 is 5.41 Å². The number of nitrogens with zero attached hydrogens (tertiary/aromatic N) is 1. The molecular weight excluding hydrogens is 304 g/mol. The van der Waals surface area contributed by atoms with Crippen molar-refractivity contribution in [1.82, 2.24) is 10.2 Å². The zero-order valence-corrected chi connectivity index (χ0v) is 15.1. The van der Waals surface area contributed by atoms with E-state index in [2.05, 4.69) is 5.32 Å². The predicted octanol–water partition coefficient (Wildman–Crippen LogP) is 2.33. The molecule has 0 radical (unpaired) electrons. The highest BCUT2D eigenvalue weighted by atomic mass is 16.5. The average molecular weight is 332 g/mol. The number of ether oxygens (including phenoxy) is 2. The predicted molar refractivity (Wildman–Crippen MR) is 93.7 cm³/mol. The van der Waals surface area contributed by atoms with E-state index in [1.54, 1.807) is 14.2 Å². The van der Waals surface area contributed by atoms with Gasteiger partial charge < -0.3 is 19.7 Å². The minimum absolute atomic E-state index is 0.184. The Morgan fingerprint density at radius 3 is 2.54 bits per heavy atom. The molecule has 2 bridgehead atoms. The molecule has 3 rings (SSSR count). The van der Waals surface area contributed by atoms with Gasteiger partial charge in [-0.2, -0.15) is 0 Å². The van der Waals surface area contributed by atoms with Crippen LogP contribution >= 0.6 is 0 Å². The molecule has 5 heteroatoms. The van der Waals surface area contributed by atoms with Crippen molar-refractivity contribution in [3.63, 3.8) is 0 Å². The molecule has 1 N–H and O–H groups in total. The Morgan fingerprint density at radius 2 is 1.83 bits per heavy atom. The summed E-state index contributed by atoms with van der Waals surface area (Å²) in [6, 6.07) is 6.77. The molecule has 2 aliphatic heterocycles. The molecule has 0 spiro atoms. The lowest BCUT2D eigenvalue weighted by molar-refractivity contribution is -0.136. The Balaban J connectivity index is 1.82. The fraction of sp³-hybridized carbons (Fsp3) is 0.632. The molecule has 2 unspecified atom stereocenters. The summed E-state index contributed by atoms with van der Waals surface area (Å²) in [6.07, 6.45) is 3.46. The van der Waals surface area contributed by atoms with Crippen molar-refractivity contribution in [3.05, 3.63) is 23.8 Å². The van der Waals surface area contributed by atoms with Gasteiger partial charge in [-0.1, -0.05) is 6.07 Å². The number of benzene rings is 1. The molecule has 0 saturated carbocycles. The maximum absolute atomic E-state index is 13.2. The van der Waals surface area contributed by atoms with Crippen LogP contribution in [-0.4, -0.2) is 50.2 Å². The summed E-state index contributed by atoms with van der Waals surface area (Å²) >= 11 is 0. The van der Waals surface area contributed by atoms with Crippen molar-refractivity contribution in [2.45, 2.75) is 50.6 Å². The average Bonchev–Trinajstić information content (AvgIpc) is 2.92. The van der Waals surface area contributed by atoms with Gasteiger partial charge >= 0.3 is 0 Å². The fourth-order valence-corrected chi connectivity index (χ4v) is 3.87. The van der Waals surface area contributed by atoms with Gasteiger partial charge in [0.15, 0.2) is 11.5 Å². The fourth-order valence-electron chi connectivity index (χ4n) is 3.87. The van der Waals surface area contributed by atoms with E-state index in [0.29, 0.717) is 23.6 Å². The van der Waals surface area contributed by atoms with E-state index in [4.69, 9.17) is 9.47 Å². The van der Waals surface area contributed by atoms with Crippen molar-refractivity contribution in [2.24, 2.45) is 0 Å². The van der Waals surface area contributed by atoms with Crippen LogP contribution in [-0.2, 0) is 10.2 Å². The molecule has 1 aromatic carbocycles. The van der Waals surface area contributed by atoms with Crippen molar-refractivity contribution in [3.8, 4) is 11.5 Å². The minimum Gasteiger partial charge on any atom is -0.493 e. The summed E-state index contributed by atoms with van der Waals surface area (Å²) in [6.45, 7) is 5.64. The summed E-state index contributed by atoms with van der Waals surface area (Å²) in [7, 11) is 3.24. The van der Waals surface area contributed by atoms with E-state index in [1.165, 1.54) is 12.8 Å². The molecule has 132 valence electrons. The lowest BCUT2D eigenvalue weighted by Gasteiger charge is -2.33. The number of hydrogen-bond acceptors (Lipinski definition) is 4. The highest BCUT2D eigenvalue weighted by molar-refractivity contribution is 5.87. The Hall–Kier alpha value is -1.75. The van der Waals surface area contributed by atoms with Gasteiger partial charge in [0.05, 0.1) is 19.6 Å². The van der Waals surface area contributed by atoms with Crippen molar-refractivity contribution < 1.29 is 14.3 Å². The molecule has 2 saturated heterocycles. The Bertz CT molecular complexity index is 615. The molecular formula is C19H28N2O3. The van der Waals surface area contributed by atoms with Gasteiger partial charge in [-0.15, -0.1) is 0 Å². The summed E-state index contributed by atoms with van der Waals surface area (Å²) in [4.78, 5) is 15.3. The first-order chi connectivity index (χ1) is 11.5. The molecule has 0 aliphatic carbocycles. The first-order valence-corrected chi connectivity index (χ1v) is 8.73. The van der Waals surface area contributed by atoms with Crippen LogP contribution in [0, 0.1) is 0 Å². The van der Waals surface area contributed by atoms with Crippen LogP contribution in [0.5, 0.6) is 11.5 Å². The number of rotatable bonds is 4. The molecule has 2 fully saturated rings. The number of methoxy groups -OCH3 is 2. The summed E-state index contributed by atoms with van der Waals surface area (Å²) in [5.74, 6) is 1.53. The number of hydrogen-bond donors (Lipinski definition) is 1. The Labute approximate surface area is 144 Å². The number of carbonyl (C=O) groups is 1. The molecule has 2 heterocycles. The standard InChI is InChI=1S/C19H28N2O3/c1-19(2,13-5-8-16(23-3)17(11-13)24-4)18(22)21-10-9-14-6-7-15(12-21)20-14/h5,8,11,14-15,20H,6-7,9-10,12H2,1-4H3. The molecule has 1 amide bonds. The van der Waals surface area contributed by atoms with Crippen LogP contribution in [0.25, 0.3) is 0 Å². The van der Waals surface area contributed by atoms with Crippen LogP contribution in [0.1, 0.15) is 38.7 Å². The summed E-state index contributed by atoms with van der Waals surface area (Å²) in [5, 5.41) is 3.63. The lowest BCUT2D eigenvalue weighted by atomic mass is 9.82. The zero-order valence-electron chi connectivity index (χ0n) is 15.1. The maximum atomic E-state index is 13.2.